The van der Waals surface area contributed by atoms with Crippen molar-refractivity contribution in [3.63, 3.8) is 0 Å². The van der Waals surface area contributed by atoms with E-state index in [4.69, 9.17) is 4.74 Å². The van der Waals surface area contributed by atoms with E-state index in [-0.39, 0.29) is 17.1 Å². The molecule has 0 aromatic heterocycles. The number of nitro groups is 1. The monoisotopic (exact) mass is 228 g/mol. The van der Waals surface area contributed by atoms with Gasteiger partial charge in [0.25, 0.3) is 11.1 Å². The van der Waals surface area contributed by atoms with Gasteiger partial charge in [-0.25, -0.2) is 0 Å². The maximum atomic E-state index is 11.2. The van der Waals surface area contributed by atoms with Gasteiger partial charge < -0.3 is 4.74 Å². The van der Waals surface area contributed by atoms with Gasteiger partial charge in [-0.3, -0.25) is 25.0 Å². The van der Waals surface area contributed by atoms with Gasteiger partial charge in [0, 0.05) is 12.5 Å². The van der Waals surface area contributed by atoms with Crippen molar-refractivity contribution in [1.82, 2.24) is 5.32 Å². The summed E-state index contributed by atoms with van der Waals surface area (Å²) >= 11 is 0.684. The number of imide groups is 1. The van der Waals surface area contributed by atoms with Crippen LogP contribution in [0.4, 0.5) is 4.79 Å². The van der Waals surface area contributed by atoms with Gasteiger partial charge in [-0.15, -0.1) is 0 Å². The van der Waals surface area contributed by atoms with Crippen LogP contribution >= 0.6 is 11.8 Å². The molecular weight excluding hydrogens is 224 g/mol. The molecule has 1 fully saturated rings. The van der Waals surface area contributed by atoms with Crippen LogP contribution in [0.25, 0.3) is 0 Å². The number of rotatable bonds is 1. The zero-order valence-corrected chi connectivity index (χ0v) is 8.00. The van der Waals surface area contributed by atoms with Crippen LogP contribution in [0.1, 0.15) is 6.42 Å². The molecule has 1 saturated heterocycles. The number of carbonyl (C=O) groups is 2. The molecule has 2 aliphatic rings. The number of allylic oxidation sites excluding steroid dienone is 1. The van der Waals surface area contributed by atoms with Crippen molar-refractivity contribution in [1.29, 1.82) is 0 Å². The van der Waals surface area contributed by atoms with Gasteiger partial charge >= 0.3 is 5.88 Å². The molecule has 7 nitrogen and oxygen atoms in total. The fraction of sp³-hybridized carbons (Fsp3) is 0.143. The minimum Gasteiger partial charge on any atom is -0.404 e. The molecule has 2 aliphatic heterocycles. The Labute approximate surface area is 87.3 Å². The van der Waals surface area contributed by atoms with E-state index in [0.717, 1.165) is 0 Å². The lowest BCUT2D eigenvalue weighted by atomic mass is 10.3. The van der Waals surface area contributed by atoms with Crippen LogP contribution in [0.3, 0.4) is 0 Å². The Kier molecular flexibility index (Phi) is 2.19. The van der Waals surface area contributed by atoms with E-state index in [0.29, 0.717) is 11.8 Å². The minimum absolute atomic E-state index is 0.0908. The molecule has 0 saturated carbocycles. The summed E-state index contributed by atoms with van der Waals surface area (Å²) in [6, 6.07) is 0. The fourth-order valence-corrected chi connectivity index (χ4v) is 1.85. The van der Waals surface area contributed by atoms with E-state index in [1.807, 2.05) is 5.32 Å². The van der Waals surface area contributed by atoms with Gasteiger partial charge in [0.2, 0.25) is 0 Å². The van der Waals surface area contributed by atoms with Gasteiger partial charge in [-0.2, -0.15) is 0 Å². The first-order valence-electron chi connectivity index (χ1n) is 3.86. The molecule has 78 valence electrons. The lowest BCUT2D eigenvalue weighted by Gasteiger charge is -1.99. The van der Waals surface area contributed by atoms with E-state index in [1.165, 1.54) is 6.08 Å². The maximum absolute atomic E-state index is 11.2. The summed E-state index contributed by atoms with van der Waals surface area (Å²) in [7, 11) is 0. The molecule has 8 heteroatoms. The highest BCUT2D eigenvalue weighted by Gasteiger charge is 2.33. The summed E-state index contributed by atoms with van der Waals surface area (Å²) < 4.78 is 4.83. The molecule has 1 N–H and O–H groups in total. The lowest BCUT2D eigenvalue weighted by Crippen LogP contribution is -2.18. The zero-order chi connectivity index (χ0) is 11.0. The SMILES string of the molecule is O=C1NC(=O)C(=C2CC=C([N+](=O)[O-])O2)S1. The van der Waals surface area contributed by atoms with Crippen LogP contribution in [0.2, 0.25) is 0 Å². The fourth-order valence-electron chi connectivity index (χ4n) is 1.14. The van der Waals surface area contributed by atoms with Crippen molar-refractivity contribution in [2.75, 3.05) is 0 Å². The van der Waals surface area contributed by atoms with Crippen LogP contribution in [0.5, 0.6) is 0 Å². The topological polar surface area (TPSA) is 98.5 Å². The van der Waals surface area contributed by atoms with Gasteiger partial charge in [0.1, 0.15) is 15.6 Å². The van der Waals surface area contributed by atoms with E-state index in [2.05, 4.69) is 0 Å². The quantitative estimate of drug-likeness (QED) is 0.403. The third-order valence-electron chi connectivity index (χ3n) is 1.74. The summed E-state index contributed by atoms with van der Waals surface area (Å²) in [4.78, 5) is 31.7. The van der Waals surface area contributed by atoms with Crippen molar-refractivity contribution in [2.45, 2.75) is 6.42 Å². The van der Waals surface area contributed by atoms with Crippen molar-refractivity contribution < 1.29 is 19.2 Å². The molecule has 0 atom stereocenters. The van der Waals surface area contributed by atoms with Crippen molar-refractivity contribution in [3.8, 4) is 0 Å². The smallest absolute Gasteiger partial charge is 0.404 e. The highest BCUT2D eigenvalue weighted by molar-refractivity contribution is 8.18. The number of thioether (sulfide) groups is 1. The van der Waals surface area contributed by atoms with E-state index < -0.39 is 22.0 Å². The first-order valence-corrected chi connectivity index (χ1v) is 4.68. The normalized spacial score (nSPS) is 24.9. The molecule has 0 spiro atoms. The van der Waals surface area contributed by atoms with E-state index >= 15 is 0 Å². The van der Waals surface area contributed by atoms with Crippen LogP contribution < -0.4 is 5.32 Å². The predicted molar refractivity (Wildman–Crippen MR) is 48.9 cm³/mol. The van der Waals surface area contributed by atoms with Crippen molar-refractivity contribution in [2.24, 2.45) is 0 Å². The molecule has 0 aromatic carbocycles. The molecule has 0 bridgehead atoms. The highest BCUT2D eigenvalue weighted by Crippen LogP contribution is 2.33. The summed E-state index contributed by atoms with van der Waals surface area (Å²) in [5.41, 5.74) is 0. The molecule has 0 radical (unpaired) electrons. The molecule has 2 amide bonds. The summed E-state index contributed by atoms with van der Waals surface area (Å²) in [5.74, 6) is -0.835. The molecule has 0 aliphatic carbocycles. The van der Waals surface area contributed by atoms with Gasteiger partial charge in [-0.05, 0) is 11.8 Å². The Morgan fingerprint density at radius 1 is 1.53 bits per heavy atom. The first kappa shape index (κ1) is 9.71. The van der Waals surface area contributed by atoms with Gasteiger partial charge in [0.05, 0.1) is 0 Å². The van der Waals surface area contributed by atoms with E-state index in [9.17, 15) is 19.7 Å². The second-order valence-corrected chi connectivity index (χ2v) is 3.68. The second-order valence-electron chi connectivity index (χ2n) is 2.70. The second kappa shape index (κ2) is 3.39. The standard InChI is InChI=1S/C7H4N2O5S/c10-6-5(15-7(11)8-6)3-1-2-4(14-3)9(12)13/h2H,1H2,(H,8,10,11). The molecule has 0 unspecified atom stereocenters. The van der Waals surface area contributed by atoms with Gasteiger partial charge in [-0.1, -0.05) is 0 Å². The highest BCUT2D eigenvalue weighted by atomic mass is 32.2. The average molecular weight is 228 g/mol. The van der Waals surface area contributed by atoms with Crippen LogP contribution in [0, 0.1) is 10.1 Å². The van der Waals surface area contributed by atoms with Crippen molar-refractivity contribution in [3.05, 3.63) is 32.7 Å². The Hall–Kier alpha value is -1.83. The van der Waals surface area contributed by atoms with Gasteiger partial charge in [0.15, 0.2) is 0 Å². The largest absolute Gasteiger partial charge is 0.429 e. The van der Waals surface area contributed by atoms with Crippen LogP contribution in [-0.2, 0) is 9.53 Å². The van der Waals surface area contributed by atoms with Crippen LogP contribution in [-0.4, -0.2) is 16.1 Å². The Morgan fingerprint density at radius 3 is 2.73 bits per heavy atom. The van der Waals surface area contributed by atoms with Crippen molar-refractivity contribution >= 4 is 22.9 Å². The Balaban J connectivity index is 2.22. The number of amides is 2. The minimum atomic E-state index is -0.688. The number of nitrogens with one attached hydrogen (secondary N) is 1. The number of nitrogens with zero attached hydrogens (tertiary/aromatic N) is 1. The first-order chi connectivity index (χ1) is 7.08. The third kappa shape index (κ3) is 1.71. The molecule has 2 rings (SSSR count). The average Bonchev–Trinajstić information content (AvgIpc) is 2.71. The maximum Gasteiger partial charge on any atom is 0.429 e. The number of carbonyl (C=O) groups excluding carboxylic acids is 2. The predicted octanol–water partition coefficient (Wildman–Crippen LogP) is 0.719. The molecule has 0 aromatic rings. The summed E-state index contributed by atoms with van der Waals surface area (Å²) in [5, 5.41) is 11.9. The molecule has 15 heavy (non-hydrogen) atoms. The third-order valence-corrected chi connectivity index (χ3v) is 2.64. The van der Waals surface area contributed by atoms with E-state index in [1.54, 1.807) is 0 Å². The summed E-state index contributed by atoms with van der Waals surface area (Å²) in [6.07, 6.45) is 1.40. The molecular formula is C7H4N2O5S. The number of hydrogen-bond acceptors (Lipinski definition) is 6. The number of ether oxygens (including phenoxy) is 1. The lowest BCUT2D eigenvalue weighted by molar-refractivity contribution is -0.457. The Bertz CT molecular complexity index is 439. The molecule has 2 heterocycles. The van der Waals surface area contributed by atoms with Crippen LogP contribution in [0.15, 0.2) is 22.6 Å². The number of hydrogen-bond donors (Lipinski definition) is 1. The Morgan fingerprint density at radius 2 is 2.27 bits per heavy atom. The summed E-state index contributed by atoms with van der Waals surface area (Å²) in [6.45, 7) is 0. The zero-order valence-electron chi connectivity index (χ0n) is 7.18.